The van der Waals surface area contributed by atoms with E-state index in [1.165, 1.54) is 0 Å². The van der Waals surface area contributed by atoms with Crippen LogP contribution in [-0.4, -0.2) is 25.2 Å². The van der Waals surface area contributed by atoms with E-state index in [2.05, 4.69) is 0 Å². The van der Waals surface area contributed by atoms with Gasteiger partial charge in [0.1, 0.15) is 0 Å². The van der Waals surface area contributed by atoms with Crippen molar-refractivity contribution in [2.45, 2.75) is 66.7 Å². The highest BCUT2D eigenvalue weighted by Crippen LogP contribution is 2.45. The molecule has 0 atom stereocenters. The third kappa shape index (κ3) is 7.89. The average Bonchev–Trinajstić information content (AvgIpc) is 2.61. The van der Waals surface area contributed by atoms with Crippen LogP contribution in [0.4, 0.5) is 0 Å². The summed E-state index contributed by atoms with van der Waals surface area (Å²) in [6, 6.07) is 3.26. The Bertz CT molecular complexity index is 609. The number of benzene rings is 1. The SMILES string of the molecule is CCCOc1c(OCC(C)C)ccc(OC(=O)CCC)c1OC(=O)CCC. The molecule has 0 bridgehead atoms. The summed E-state index contributed by atoms with van der Waals surface area (Å²) >= 11 is 0. The van der Waals surface area contributed by atoms with Crippen molar-refractivity contribution in [2.75, 3.05) is 13.2 Å². The molecule has 0 amide bonds. The van der Waals surface area contributed by atoms with Gasteiger partial charge in [0.2, 0.25) is 11.5 Å². The van der Waals surface area contributed by atoms with E-state index < -0.39 is 5.97 Å². The second kappa shape index (κ2) is 12.2. The molecule has 0 unspecified atom stereocenters. The Labute approximate surface area is 162 Å². The van der Waals surface area contributed by atoms with E-state index in [0.29, 0.717) is 43.5 Å². The van der Waals surface area contributed by atoms with Crippen LogP contribution in [0.3, 0.4) is 0 Å². The highest BCUT2D eigenvalue weighted by atomic mass is 16.6. The summed E-state index contributed by atoms with van der Waals surface area (Å²) in [4.78, 5) is 24.1. The van der Waals surface area contributed by atoms with Crippen molar-refractivity contribution in [1.29, 1.82) is 0 Å². The van der Waals surface area contributed by atoms with Gasteiger partial charge in [0.05, 0.1) is 13.2 Å². The molecule has 0 saturated heterocycles. The lowest BCUT2D eigenvalue weighted by Gasteiger charge is -2.19. The van der Waals surface area contributed by atoms with E-state index in [0.717, 1.165) is 6.42 Å². The smallest absolute Gasteiger partial charge is 0.311 e. The maximum Gasteiger partial charge on any atom is 0.311 e. The van der Waals surface area contributed by atoms with E-state index in [1.807, 2.05) is 34.6 Å². The number of hydrogen-bond acceptors (Lipinski definition) is 6. The molecular weight excluding hydrogens is 348 g/mol. The molecule has 0 fully saturated rings. The monoisotopic (exact) mass is 380 g/mol. The van der Waals surface area contributed by atoms with Crippen molar-refractivity contribution in [2.24, 2.45) is 5.92 Å². The van der Waals surface area contributed by atoms with Gasteiger partial charge in [-0.05, 0) is 37.3 Å². The number of hydrogen-bond donors (Lipinski definition) is 0. The van der Waals surface area contributed by atoms with Crippen molar-refractivity contribution in [3.63, 3.8) is 0 Å². The summed E-state index contributed by atoms with van der Waals surface area (Å²) in [7, 11) is 0. The minimum Gasteiger partial charge on any atom is -0.489 e. The molecule has 0 aliphatic rings. The number of rotatable bonds is 12. The molecule has 0 aromatic heterocycles. The maximum atomic E-state index is 12.1. The van der Waals surface area contributed by atoms with Gasteiger partial charge in [0.25, 0.3) is 0 Å². The van der Waals surface area contributed by atoms with Crippen LogP contribution < -0.4 is 18.9 Å². The topological polar surface area (TPSA) is 71.1 Å². The van der Waals surface area contributed by atoms with Gasteiger partial charge in [-0.3, -0.25) is 9.59 Å². The summed E-state index contributed by atoms with van der Waals surface area (Å²) in [6.07, 6.45) is 2.62. The van der Waals surface area contributed by atoms with Gasteiger partial charge in [0.15, 0.2) is 11.5 Å². The predicted molar refractivity (Wildman–Crippen MR) is 104 cm³/mol. The van der Waals surface area contributed by atoms with E-state index in [4.69, 9.17) is 18.9 Å². The Morgan fingerprint density at radius 3 is 1.96 bits per heavy atom. The normalized spacial score (nSPS) is 10.6. The number of carbonyl (C=O) groups is 2. The molecule has 0 heterocycles. The first-order valence-corrected chi connectivity index (χ1v) is 9.76. The zero-order valence-corrected chi connectivity index (χ0v) is 17.1. The van der Waals surface area contributed by atoms with Gasteiger partial charge < -0.3 is 18.9 Å². The first-order valence-electron chi connectivity index (χ1n) is 9.76. The fourth-order valence-corrected chi connectivity index (χ4v) is 2.16. The molecule has 0 aliphatic heterocycles. The summed E-state index contributed by atoms with van der Waals surface area (Å²) in [5.74, 6) is 0.552. The van der Waals surface area contributed by atoms with Crippen LogP contribution in [0, 0.1) is 5.92 Å². The summed E-state index contributed by atoms with van der Waals surface area (Å²) in [5, 5.41) is 0. The molecule has 0 spiro atoms. The lowest BCUT2D eigenvalue weighted by molar-refractivity contribution is -0.137. The zero-order valence-electron chi connectivity index (χ0n) is 17.1. The average molecular weight is 380 g/mol. The molecule has 1 rings (SSSR count). The predicted octanol–water partition coefficient (Wildman–Crippen LogP) is 4.92. The van der Waals surface area contributed by atoms with Crippen molar-refractivity contribution in [3.05, 3.63) is 12.1 Å². The minimum absolute atomic E-state index is 0.104. The first kappa shape index (κ1) is 22.8. The summed E-state index contributed by atoms with van der Waals surface area (Å²) in [6.45, 7) is 10.7. The van der Waals surface area contributed by atoms with Crippen LogP contribution in [0.5, 0.6) is 23.0 Å². The molecule has 0 saturated carbocycles. The van der Waals surface area contributed by atoms with E-state index in [9.17, 15) is 9.59 Å². The standard InChI is InChI=1S/C21H32O6/c1-6-9-18(22)26-17-12-11-16(25-14-15(4)5)20(24-13-8-3)21(17)27-19(23)10-7-2/h11-12,15H,6-10,13-14H2,1-5H3. The van der Waals surface area contributed by atoms with Crippen molar-refractivity contribution < 1.29 is 28.5 Å². The van der Waals surface area contributed by atoms with E-state index >= 15 is 0 Å². The number of ether oxygens (including phenoxy) is 4. The van der Waals surface area contributed by atoms with Crippen molar-refractivity contribution in [1.82, 2.24) is 0 Å². The summed E-state index contributed by atoms with van der Waals surface area (Å²) in [5.41, 5.74) is 0. The van der Waals surface area contributed by atoms with E-state index in [-0.39, 0.29) is 30.3 Å². The Balaban J connectivity index is 3.30. The molecule has 0 N–H and O–H groups in total. The largest absolute Gasteiger partial charge is 0.489 e. The van der Waals surface area contributed by atoms with Gasteiger partial charge in [0, 0.05) is 12.8 Å². The third-order valence-corrected chi connectivity index (χ3v) is 3.41. The van der Waals surface area contributed by atoms with Gasteiger partial charge in [-0.25, -0.2) is 0 Å². The molecule has 0 radical (unpaired) electrons. The van der Waals surface area contributed by atoms with Crippen LogP contribution in [0.1, 0.15) is 66.7 Å². The maximum absolute atomic E-state index is 12.1. The Hall–Kier alpha value is -2.24. The molecular formula is C21H32O6. The second-order valence-corrected chi connectivity index (χ2v) is 6.72. The van der Waals surface area contributed by atoms with Gasteiger partial charge in [-0.2, -0.15) is 0 Å². The van der Waals surface area contributed by atoms with Gasteiger partial charge in [-0.1, -0.05) is 34.6 Å². The van der Waals surface area contributed by atoms with Crippen LogP contribution in [0.15, 0.2) is 12.1 Å². The van der Waals surface area contributed by atoms with Gasteiger partial charge in [-0.15, -0.1) is 0 Å². The van der Waals surface area contributed by atoms with Crippen LogP contribution >= 0.6 is 0 Å². The zero-order chi connectivity index (χ0) is 20.2. The minimum atomic E-state index is -0.410. The van der Waals surface area contributed by atoms with Crippen LogP contribution in [0.25, 0.3) is 0 Å². The quantitative estimate of drug-likeness (QED) is 0.378. The number of carbonyl (C=O) groups excluding carboxylic acids is 2. The van der Waals surface area contributed by atoms with Gasteiger partial charge >= 0.3 is 11.9 Å². The molecule has 6 heteroatoms. The van der Waals surface area contributed by atoms with Crippen molar-refractivity contribution >= 4 is 11.9 Å². The number of esters is 2. The molecule has 152 valence electrons. The Kier molecular flexibility index (Phi) is 10.3. The fourth-order valence-electron chi connectivity index (χ4n) is 2.16. The summed E-state index contributed by atoms with van der Waals surface area (Å²) < 4.78 is 22.6. The first-order chi connectivity index (χ1) is 12.9. The fraction of sp³-hybridized carbons (Fsp3) is 0.619. The Morgan fingerprint density at radius 1 is 0.815 bits per heavy atom. The highest BCUT2D eigenvalue weighted by molar-refractivity contribution is 5.78. The van der Waals surface area contributed by atoms with Crippen LogP contribution in [-0.2, 0) is 9.59 Å². The lowest BCUT2D eigenvalue weighted by Crippen LogP contribution is -2.14. The van der Waals surface area contributed by atoms with Crippen molar-refractivity contribution in [3.8, 4) is 23.0 Å². The molecule has 1 aromatic rings. The molecule has 0 aliphatic carbocycles. The second-order valence-electron chi connectivity index (χ2n) is 6.72. The van der Waals surface area contributed by atoms with Crippen LogP contribution in [0.2, 0.25) is 0 Å². The molecule has 6 nitrogen and oxygen atoms in total. The highest BCUT2D eigenvalue weighted by Gasteiger charge is 2.23. The Morgan fingerprint density at radius 2 is 1.41 bits per heavy atom. The molecule has 1 aromatic carbocycles. The molecule has 27 heavy (non-hydrogen) atoms. The lowest BCUT2D eigenvalue weighted by atomic mass is 10.2. The third-order valence-electron chi connectivity index (χ3n) is 3.41. The van der Waals surface area contributed by atoms with E-state index in [1.54, 1.807) is 12.1 Å².